The van der Waals surface area contributed by atoms with Crippen LogP contribution in [0.4, 0.5) is 5.69 Å². The summed E-state index contributed by atoms with van der Waals surface area (Å²) >= 11 is 0. The van der Waals surface area contributed by atoms with E-state index in [0.717, 1.165) is 48.8 Å². The molecule has 0 saturated heterocycles. The second-order valence-electron chi connectivity index (χ2n) is 11.2. The van der Waals surface area contributed by atoms with Crippen LogP contribution in [-0.4, -0.2) is 34.7 Å². The number of hydrogen-bond acceptors (Lipinski definition) is 3. The molecule has 4 aromatic carbocycles. The SMILES string of the molecule is O=C1Nc2ccccc2C(=O)N(C(C(=O)NC2CCCCC2)c2ccc(-c3ccccc3)cc2)C1Cc1ccccc1. The Bertz CT molecular complexity index is 1550. The lowest BCUT2D eigenvalue weighted by Gasteiger charge is -2.37. The Kier molecular flexibility index (Phi) is 8.13. The Hall–Kier alpha value is -4.71. The van der Waals surface area contributed by atoms with Gasteiger partial charge in [0.05, 0.1) is 11.3 Å². The van der Waals surface area contributed by atoms with E-state index in [-0.39, 0.29) is 30.2 Å². The van der Waals surface area contributed by atoms with Gasteiger partial charge in [0.25, 0.3) is 5.91 Å². The van der Waals surface area contributed by atoms with Crippen molar-refractivity contribution in [1.29, 1.82) is 0 Å². The molecule has 1 heterocycles. The molecule has 0 radical (unpaired) electrons. The predicted octanol–water partition coefficient (Wildman–Crippen LogP) is 6.55. The van der Waals surface area contributed by atoms with Gasteiger partial charge >= 0.3 is 0 Å². The molecule has 6 nitrogen and oxygen atoms in total. The van der Waals surface area contributed by atoms with Gasteiger partial charge in [0.1, 0.15) is 12.1 Å². The van der Waals surface area contributed by atoms with Crippen LogP contribution in [0.1, 0.15) is 59.6 Å². The summed E-state index contributed by atoms with van der Waals surface area (Å²) in [6, 6.07) is 32.6. The average Bonchev–Trinajstić information content (AvgIpc) is 3.13. The number of amides is 3. The van der Waals surface area contributed by atoms with Gasteiger partial charge in [-0.25, -0.2) is 0 Å². The fourth-order valence-electron chi connectivity index (χ4n) is 6.18. The van der Waals surface area contributed by atoms with Crippen molar-refractivity contribution in [3.63, 3.8) is 0 Å². The van der Waals surface area contributed by atoms with Crippen molar-refractivity contribution >= 4 is 23.4 Å². The van der Waals surface area contributed by atoms with Crippen molar-refractivity contribution in [1.82, 2.24) is 10.2 Å². The largest absolute Gasteiger partial charge is 0.351 e. The van der Waals surface area contributed by atoms with E-state index in [1.54, 1.807) is 24.3 Å². The van der Waals surface area contributed by atoms with Crippen molar-refractivity contribution < 1.29 is 14.4 Å². The lowest BCUT2D eigenvalue weighted by atomic mass is 9.93. The third kappa shape index (κ3) is 5.84. The first-order valence-electron chi connectivity index (χ1n) is 14.8. The number of para-hydroxylation sites is 1. The fourth-order valence-corrected chi connectivity index (χ4v) is 6.18. The Morgan fingerprint density at radius 3 is 2.10 bits per heavy atom. The summed E-state index contributed by atoms with van der Waals surface area (Å²) in [6.07, 6.45) is 5.40. The predicted molar refractivity (Wildman–Crippen MR) is 165 cm³/mol. The number of carbonyl (C=O) groups is 3. The maximum absolute atomic E-state index is 14.4. The smallest absolute Gasteiger partial charge is 0.257 e. The van der Waals surface area contributed by atoms with Crippen LogP contribution in [0.5, 0.6) is 0 Å². The number of rotatable bonds is 7. The van der Waals surface area contributed by atoms with Crippen LogP contribution in [0.25, 0.3) is 11.1 Å². The first-order valence-corrected chi connectivity index (χ1v) is 14.8. The molecule has 2 N–H and O–H groups in total. The molecule has 0 spiro atoms. The monoisotopic (exact) mass is 557 g/mol. The first-order chi connectivity index (χ1) is 20.6. The summed E-state index contributed by atoms with van der Waals surface area (Å²) in [5.74, 6) is -0.915. The van der Waals surface area contributed by atoms with Crippen LogP contribution in [0.3, 0.4) is 0 Å². The van der Waals surface area contributed by atoms with Crippen LogP contribution in [0, 0.1) is 0 Å². The Balaban J connectivity index is 1.45. The maximum atomic E-state index is 14.4. The molecule has 1 aliphatic carbocycles. The average molecular weight is 558 g/mol. The topological polar surface area (TPSA) is 78.5 Å². The van der Waals surface area contributed by atoms with Crippen LogP contribution < -0.4 is 10.6 Å². The normalized spacial score (nSPS) is 18.0. The fraction of sp³-hybridized carbons (Fsp3) is 0.250. The van der Waals surface area contributed by atoms with Crippen LogP contribution >= 0.6 is 0 Å². The summed E-state index contributed by atoms with van der Waals surface area (Å²) in [6.45, 7) is 0. The zero-order valence-electron chi connectivity index (χ0n) is 23.5. The molecule has 212 valence electrons. The van der Waals surface area contributed by atoms with Gasteiger partial charge in [-0.3, -0.25) is 14.4 Å². The molecule has 2 atom stereocenters. The Morgan fingerprint density at radius 2 is 1.38 bits per heavy atom. The molecular weight excluding hydrogens is 522 g/mol. The number of carbonyl (C=O) groups excluding carboxylic acids is 3. The van der Waals surface area contributed by atoms with Gasteiger partial charge in [-0.2, -0.15) is 0 Å². The summed E-state index contributed by atoms with van der Waals surface area (Å²) in [5, 5.41) is 6.24. The molecule has 6 rings (SSSR count). The minimum absolute atomic E-state index is 0.0492. The van der Waals surface area contributed by atoms with Gasteiger partial charge in [0, 0.05) is 12.5 Å². The van der Waals surface area contributed by atoms with Crippen molar-refractivity contribution in [3.05, 3.63) is 126 Å². The highest BCUT2D eigenvalue weighted by Gasteiger charge is 2.43. The quantitative estimate of drug-likeness (QED) is 0.271. The van der Waals surface area contributed by atoms with Gasteiger partial charge in [-0.15, -0.1) is 0 Å². The number of nitrogens with zero attached hydrogens (tertiary/aromatic N) is 1. The number of anilines is 1. The van der Waals surface area contributed by atoms with Gasteiger partial charge < -0.3 is 15.5 Å². The number of fused-ring (bicyclic) bond motifs is 1. The van der Waals surface area contributed by atoms with Crippen LogP contribution in [0.2, 0.25) is 0 Å². The van der Waals surface area contributed by atoms with Crippen molar-refractivity contribution in [3.8, 4) is 11.1 Å². The summed E-state index contributed by atoms with van der Waals surface area (Å²) < 4.78 is 0. The summed E-state index contributed by atoms with van der Waals surface area (Å²) in [4.78, 5) is 44.1. The van der Waals surface area contributed by atoms with Gasteiger partial charge in [0.15, 0.2) is 0 Å². The minimum atomic E-state index is -0.991. The number of nitrogens with one attached hydrogen (secondary N) is 2. The summed E-state index contributed by atoms with van der Waals surface area (Å²) in [7, 11) is 0. The van der Waals surface area contributed by atoms with Crippen LogP contribution in [0.15, 0.2) is 109 Å². The molecule has 2 unspecified atom stereocenters. The van der Waals surface area contributed by atoms with Crippen molar-refractivity contribution in [2.24, 2.45) is 0 Å². The maximum Gasteiger partial charge on any atom is 0.257 e. The van der Waals surface area contributed by atoms with E-state index in [4.69, 9.17) is 0 Å². The zero-order valence-corrected chi connectivity index (χ0v) is 23.5. The molecule has 1 aliphatic heterocycles. The second-order valence-corrected chi connectivity index (χ2v) is 11.2. The van der Waals surface area contributed by atoms with Crippen molar-refractivity contribution in [2.75, 3.05) is 5.32 Å². The zero-order chi connectivity index (χ0) is 28.9. The van der Waals surface area contributed by atoms with E-state index in [1.165, 1.54) is 4.90 Å². The molecule has 1 fully saturated rings. The molecular formula is C36H35N3O3. The van der Waals surface area contributed by atoms with E-state index in [0.29, 0.717) is 16.8 Å². The lowest BCUT2D eigenvalue weighted by molar-refractivity contribution is -0.129. The van der Waals surface area contributed by atoms with E-state index in [2.05, 4.69) is 10.6 Å². The Labute approximate surface area is 246 Å². The molecule has 1 saturated carbocycles. The van der Waals surface area contributed by atoms with E-state index < -0.39 is 12.1 Å². The third-order valence-electron chi connectivity index (χ3n) is 8.37. The lowest BCUT2D eigenvalue weighted by Crippen LogP contribution is -2.53. The highest BCUT2D eigenvalue weighted by Crippen LogP contribution is 2.34. The van der Waals surface area contributed by atoms with Crippen LogP contribution in [-0.2, 0) is 16.0 Å². The number of hydrogen-bond donors (Lipinski definition) is 2. The van der Waals surface area contributed by atoms with Gasteiger partial charge in [-0.05, 0) is 47.2 Å². The highest BCUT2D eigenvalue weighted by atomic mass is 16.2. The van der Waals surface area contributed by atoms with Crippen molar-refractivity contribution in [2.45, 2.75) is 56.7 Å². The molecule has 0 bridgehead atoms. The Morgan fingerprint density at radius 1 is 0.762 bits per heavy atom. The van der Waals surface area contributed by atoms with Gasteiger partial charge in [-0.1, -0.05) is 116 Å². The van der Waals surface area contributed by atoms with E-state index in [1.807, 2.05) is 84.9 Å². The summed E-state index contributed by atoms with van der Waals surface area (Å²) in [5.41, 5.74) is 4.48. The molecule has 2 aliphatic rings. The second kappa shape index (κ2) is 12.4. The molecule has 3 amide bonds. The molecule has 4 aromatic rings. The number of benzene rings is 4. The highest BCUT2D eigenvalue weighted by molar-refractivity contribution is 6.11. The third-order valence-corrected chi connectivity index (χ3v) is 8.37. The van der Waals surface area contributed by atoms with E-state index >= 15 is 0 Å². The van der Waals surface area contributed by atoms with E-state index in [9.17, 15) is 14.4 Å². The first kappa shape index (κ1) is 27.5. The standard InChI is InChI=1S/C36H35N3O3/c40-34-32(24-25-12-4-1-5-13-25)39(36(42)30-18-10-11-19-31(30)38-34)33(35(41)37-29-16-8-3-9-17-29)28-22-20-27(21-23-28)26-14-6-2-7-15-26/h1-2,4-7,10-15,18-23,29,32-33H,3,8-9,16-17,24H2,(H,37,41)(H,38,40). The minimum Gasteiger partial charge on any atom is -0.351 e. The molecule has 0 aromatic heterocycles. The molecule has 6 heteroatoms. The van der Waals surface area contributed by atoms with Gasteiger partial charge in [0.2, 0.25) is 11.8 Å². The molecule has 42 heavy (non-hydrogen) atoms.